The maximum atomic E-state index is 5.97. The number of rotatable bonds is 5. The zero-order chi connectivity index (χ0) is 13.0. The van der Waals surface area contributed by atoms with E-state index in [0.717, 1.165) is 12.2 Å². The third-order valence-electron chi connectivity index (χ3n) is 3.87. The standard InChI is InChI=1S/C15H24N2O/c1-3-12-10-13(6-7-15(12)18-2)14(11-16)17-8-4-5-9-17/h6-7,10,14H,3-5,8-9,11,16H2,1-2H3. The molecule has 1 heterocycles. The fraction of sp³-hybridized carbons (Fsp3) is 0.600. The molecule has 1 aliphatic rings. The van der Waals surface area contributed by atoms with E-state index in [4.69, 9.17) is 10.5 Å². The van der Waals surface area contributed by atoms with Crippen molar-refractivity contribution in [2.75, 3.05) is 26.7 Å². The lowest BCUT2D eigenvalue weighted by molar-refractivity contribution is 0.251. The van der Waals surface area contributed by atoms with Crippen molar-refractivity contribution >= 4 is 0 Å². The molecule has 1 atom stereocenters. The van der Waals surface area contributed by atoms with Gasteiger partial charge in [0.25, 0.3) is 0 Å². The van der Waals surface area contributed by atoms with E-state index in [2.05, 4.69) is 30.0 Å². The molecule has 0 radical (unpaired) electrons. The summed E-state index contributed by atoms with van der Waals surface area (Å²) in [7, 11) is 1.73. The summed E-state index contributed by atoms with van der Waals surface area (Å²) in [6.45, 7) is 5.20. The highest BCUT2D eigenvalue weighted by atomic mass is 16.5. The normalized spacial score (nSPS) is 17.9. The minimum atomic E-state index is 0.365. The molecule has 3 heteroatoms. The molecule has 3 nitrogen and oxygen atoms in total. The van der Waals surface area contributed by atoms with Crippen LogP contribution in [0.2, 0.25) is 0 Å². The average molecular weight is 248 g/mol. The molecule has 1 fully saturated rings. The van der Waals surface area contributed by atoms with Gasteiger partial charge in [0.15, 0.2) is 0 Å². The lowest BCUT2D eigenvalue weighted by Gasteiger charge is -2.27. The van der Waals surface area contributed by atoms with Crippen molar-refractivity contribution in [1.82, 2.24) is 4.90 Å². The molecule has 1 aromatic carbocycles. The van der Waals surface area contributed by atoms with Crippen molar-refractivity contribution in [3.05, 3.63) is 29.3 Å². The summed E-state index contributed by atoms with van der Waals surface area (Å²) in [5.41, 5.74) is 8.58. The zero-order valence-corrected chi connectivity index (χ0v) is 11.5. The summed E-state index contributed by atoms with van der Waals surface area (Å²) in [5, 5.41) is 0. The topological polar surface area (TPSA) is 38.5 Å². The van der Waals surface area contributed by atoms with Crippen LogP contribution in [0.15, 0.2) is 18.2 Å². The summed E-state index contributed by atoms with van der Waals surface area (Å²) in [5.74, 6) is 0.985. The minimum Gasteiger partial charge on any atom is -0.496 e. The molecular formula is C15H24N2O. The number of nitrogens with zero attached hydrogens (tertiary/aromatic N) is 1. The van der Waals surface area contributed by atoms with E-state index in [9.17, 15) is 0 Å². The van der Waals surface area contributed by atoms with Gasteiger partial charge in [-0.25, -0.2) is 0 Å². The molecule has 2 rings (SSSR count). The Morgan fingerprint density at radius 3 is 2.61 bits per heavy atom. The molecule has 18 heavy (non-hydrogen) atoms. The molecule has 1 aromatic rings. The number of benzene rings is 1. The Balaban J connectivity index is 2.24. The van der Waals surface area contributed by atoms with E-state index in [-0.39, 0.29) is 0 Å². The molecule has 0 spiro atoms. The van der Waals surface area contributed by atoms with Crippen LogP contribution in [0.25, 0.3) is 0 Å². The Hall–Kier alpha value is -1.06. The van der Waals surface area contributed by atoms with Crippen LogP contribution in [0.1, 0.15) is 36.9 Å². The van der Waals surface area contributed by atoms with Gasteiger partial charge in [-0.3, -0.25) is 4.90 Å². The summed E-state index contributed by atoms with van der Waals surface area (Å²) in [6, 6.07) is 6.86. The number of methoxy groups -OCH3 is 1. The molecule has 0 saturated carbocycles. The maximum Gasteiger partial charge on any atom is 0.122 e. The van der Waals surface area contributed by atoms with E-state index >= 15 is 0 Å². The first-order valence-corrected chi connectivity index (χ1v) is 6.91. The van der Waals surface area contributed by atoms with Crippen molar-refractivity contribution in [2.24, 2.45) is 5.73 Å². The number of likely N-dealkylation sites (tertiary alicyclic amines) is 1. The number of hydrogen-bond donors (Lipinski definition) is 1. The fourth-order valence-corrected chi connectivity index (χ4v) is 2.83. The van der Waals surface area contributed by atoms with Crippen LogP contribution >= 0.6 is 0 Å². The molecule has 2 N–H and O–H groups in total. The van der Waals surface area contributed by atoms with E-state index in [1.54, 1.807) is 7.11 Å². The van der Waals surface area contributed by atoms with Crippen LogP contribution in [0.5, 0.6) is 5.75 Å². The van der Waals surface area contributed by atoms with Crippen LogP contribution in [0.3, 0.4) is 0 Å². The highest BCUT2D eigenvalue weighted by Crippen LogP contribution is 2.28. The Morgan fingerprint density at radius 2 is 2.06 bits per heavy atom. The third kappa shape index (κ3) is 2.68. The molecule has 1 unspecified atom stereocenters. The summed E-state index contributed by atoms with van der Waals surface area (Å²) in [6.07, 6.45) is 3.59. The second kappa shape index (κ2) is 6.21. The van der Waals surface area contributed by atoms with Crippen LogP contribution in [-0.4, -0.2) is 31.6 Å². The van der Waals surface area contributed by atoms with Crippen molar-refractivity contribution in [2.45, 2.75) is 32.2 Å². The Labute approximate surface area is 110 Å². The lowest BCUT2D eigenvalue weighted by Crippen LogP contribution is -2.31. The first-order chi connectivity index (χ1) is 8.80. The monoisotopic (exact) mass is 248 g/mol. The smallest absolute Gasteiger partial charge is 0.122 e. The molecule has 0 aromatic heterocycles. The largest absolute Gasteiger partial charge is 0.496 e. The Kier molecular flexibility index (Phi) is 4.61. The SMILES string of the molecule is CCc1cc(C(CN)N2CCCC2)ccc1OC. The number of hydrogen-bond acceptors (Lipinski definition) is 3. The lowest BCUT2D eigenvalue weighted by atomic mass is 10.0. The van der Waals surface area contributed by atoms with Crippen LogP contribution in [0.4, 0.5) is 0 Å². The zero-order valence-electron chi connectivity index (χ0n) is 11.5. The Bertz CT molecular complexity index is 386. The Morgan fingerprint density at radius 1 is 1.33 bits per heavy atom. The number of aryl methyl sites for hydroxylation is 1. The highest BCUT2D eigenvalue weighted by molar-refractivity contribution is 5.38. The van der Waals surface area contributed by atoms with Crippen LogP contribution in [0, 0.1) is 0 Å². The predicted molar refractivity (Wildman–Crippen MR) is 75.0 cm³/mol. The van der Waals surface area contributed by atoms with E-state index < -0.39 is 0 Å². The summed E-state index contributed by atoms with van der Waals surface area (Å²) in [4.78, 5) is 2.50. The minimum absolute atomic E-state index is 0.365. The summed E-state index contributed by atoms with van der Waals surface area (Å²) >= 11 is 0. The van der Waals surface area contributed by atoms with Gasteiger partial charge < -0.3 is 10.5 Å². The number of ether oxygens (including phenoxy) is 1. The third-order valence-corrected chi connectivity index (χ3v) is 3.87. The van der Waals surface area contributed by atoms with E-state index in [1.165, 1.54) is 37.1 Å². The molecule has 0 aliphatic carbocycles. The predicted octanol–water partition coefficient (Wildman–Crippen LogP) is 2.35. The number of nitrogens with two attached hydrogens (primary N) is 1. The molecule has 1 saturated heterocycles. The van der Waals surface area contributed by atoms with Crippen molar-refractivity contribution in [3.63, 3.8) is 0 Å². The maximum absolute atomic E-state index is 5.97. The van der Waals surface area contributed by atoms with Gasteiger partial charge in [-0.2, -0.15) is 0 Å². The highest BCUT2D eigenvalue weighted by Gasteiger charge is 2.22. The molecular weight excluding hydrogens is 224 g/mol. The molecule has 0 bridgehead atoms. The average Bonchev–Trinajstić information content (AvgIpc) is 2.93. The van der Waals surface area contributed by atoms with Crippen molar-refractivity contribution in [3.8, 4) is 5.75 Å². The van der Waals surface area contributed by atoms with Crippen LogP contribution in [-0.2, 0) is 6.42 Å². The van der Waals surface area contributed by atoms with Gasteiger partial charge in [0.1, 0.15) is 5.75 Å². The molecule has 100 valence electrons. The van der Waals surface area contributed by atoms with Crippen LogP contribution < -0.4 is 10.5 Å². The van der Waals surface area contributed by atoms with Gasteiger partial charge in [0, 0.05) is 12.6 Å². The first kappa shape index (κ1) is 13.4. The van der Waals surface area contributed by atoms with Crippen molar-refractivity contribution in [1.29, 1.82) is 0 Å². The van der Waals surface area contributed by atoms with Crippen molar-refractivity contribution < 1.29 is 4.74 Å². The van der Waals surface area contributed by atoms with Gasteiger partial charge in [-0.05, 0) is 49.5 Å². The summed E-state index contributed by atoms with van der Waals surface area (Å²) < 4.78 is 5.39. The fourth-order valence-electron chi connectivity index (χ4n) is 2.83. The molecule has 1 aliphatic heterocycles. The first-order valence-electron chi connectivity index (χ1n) is 6.91. The quantitative estimate of drug-likeness (QED) is 0.869. The molecule has 0 amide bonds. The van der Waals surface area contributed by atoms with E-state index in [0.29, 0.717) is 12.6 Å². The van der Waals surface area contributed by atoms with E-state index in [1.807, 2.05) is 0 Å². The van der Waals surface area contributed by atoms with Gasteiger partial charge in [-0.1, -0.05) is 19.1 Å². The van der Waals surface area contributed by atoms with Gasteiger partial charge in [-0.15, -0.1) is 0 Å². The second-order valence-electron chi connectivity index (χ2n) is 4.92. The second-order valence-corrected chi connectivity index (χ2v) is 4.92. The van der Waals surface area contributed by atoms with Gasteiger partial charge >= 0.3 is 0 Å². The van der Waals surface area contributed by atoms with Gasteiger partial charge in [0.2, 0.25) is 0 Å². The van der Waals surface area contributed by atoms with Gasteiger partial charge in [0.05, 0.1) is 7.11 Å².